The molecule has 0 aliphatic carbocycles. The van der Waals surface area contributed by atoms with Gasteiger partial charge in [-0.1, -0.05) is 24.3 Å². The molecule has 0 saturated carbocycles. The lowest BCUT2D eigenvalue weighted by molar-refractivity contribution is -0.275. The van der Waals surface area contributed by atoms with Crippen molar-refractivity contribution < 1.29 is 31.9 Å². The minimum atomic E-state index is -4.86. The number of hydrogen-bond acceptors (Lipinski definition) is 3. The Kier molecular flexibility index (Phi) is 5.26. The number of likely N-dealkylation sites (N-methyl/N-ethyl adjacent to an activating group) is 1. The first-order chi connectivity index (χ1) is 13.1. The Morgan fingerprint density at radius 2 is 1.96 bits per heavy atom. The molecule has 28 heavy (non-hydrogen) atoms. The molecule has 1 atom stereocenters. The summed E-state index contributed by atoms with van der Waals surface area (Å²) in [7, 11) is 1.42. The van der Waals surface area contributed by atoms with Gasteiger partial charge in [0.05, 0.1) is 5.92 Å². The Morgan fingerprint density at radius 1 is 1.25 bits per heavy atom. The third-order valence-corrected chi connectivity index (χ3v) is 4.33. The highest BCUT2D eigenvalue weighted by Gasteiger charge is 2.34. The van der Waals surface area contributed by atoms with E-state index in [9.17, 15) is 27.2 Å². The molecule has 0 bridgehead atoms. The molecule has 0 spiro atoms. The molecule has 1 N–H and O–H groups in total. The third kappa shape index (κ3) is 4.41. The average Bonchev–Trinajstić information content (AvgIpc) is 2.60. The van der Waals surface area contributed by atoms with Crippen molar-refractivity contribution in [3.63, 3.8) is 0 Å². The number of benzene rings is 2. The van der Waals surface area contributed by atoms with E-state index in [0.29, 0.717) is 5.56 Å². The smallest absolute Gasteiger partial charge is 0.405 e. The van der Waals surface area contributed by atoms with Crippen molar-refractivity contribution in [2.24, 2.45) is 0 Å². The topological polar surface area (TPSA) is 58.6 Å². The fourth-order valence-electron chi connectivity index (χ4n) is 3.12. The minimum absolute atomic E-state index is 0.136. The SMILES string of the molecule is CN(Cc1ccccc1OC(F)(F)F)C(=O)C1CC(=O)Nc2cc(F)ccc21. The molecule has 9 heteroatoms. The predicted octanol–water partition coefficient (Wildman–Crippen LogP) is 3.81. The van der Waals surface area contributed by atoms with Crippen LogP contribution in [0.1, 0.15) is 23.5 Å². The summed E-state index contributed by atoms with van der Waals surface area (Å²) in [5.41, 5.74) is 0.830. The van der Waals surface area contributed by atoms with Gasteiger partial charge in [0.1, 0.15) is 11.6 Å². The lowest BCUT2D eigenvalue weighted by Gasteiger charge is -2.29. The van der Waals surface area contributed by atoms with Crippen LogP contribution in [0.3, 0.4) is 0 Å². The lowest BCUT2D eigenvalue weighted by Crippen LogP contribution is -2.36. The summed E-state index contributed by atoms with van der Waals surface area (Å²) in [5.74, 6) is -2.72. The molecule has 2 aromatic rings. The standard InChI is InChI=1S/C19H16F4N2O3/c1-25(10-11-4-2-3-5-16(11)28-19(21,22)23)18(27)14-9-17(26)24-15-8-12(20)6-7-13(14)15/h2-8,14H,9-10H2,1H3,(H,24,26). The number of anilines is 1. The summed E-state index contributed by atoms with van der Waals surface area (Å²) in [5, 5.41) is 2.51. The predicted molar refractivity (Wildman–Crippen MR) is 92.0 cm³/mol. The molecule has 0 fully saturated rings. The fourth-order valence-corrected chi connectivity index (χ4v) is 3.12. The van der Waals surface area contributed by atoms with Crippen molar-refractivity contribution in [3.8, 4) is 5.75 Å². The Morgan fingerprint density at radius 3 is 2.68 bits per heavy atom. The van der Waals surface area contributed by atoms with E-state index in [-0.39, 0.29) is 24.2 Å². The molecule has 0 radical (unpaired) electrons. The Labute approximate surface area is 157 Å². The van der Waals surface area contributed by atoms with Crippen molar-refractivity contribution in [2.75, 3.05) is 12.4 Å². The first-order valence-corrected chi connectivity index (χ1v) is 8.32. The molecule has 1 heterocycles. The molecule has 2 aromatic carbocycles. The van der Waals surface area contributed by atoms with Crippen LogP contribution in [0.2, 0.25) is 0 Å². The molecule has 1 aliphatic rings. The number of ether oxygens (including phenoxy) is 1. The first kappa shape index (κ1) is 19.7. The van der Waals surface area contributed by atoms with Gasteiger partial charge >= 0.3 is 6.36 Å². The molecule has 1 unspecified atom stereocenters. The van der Waals surface area contributed by atoms with Gasteiger partial charge in [0.2, 0.25) is 11.8 Å². The number of alkyl halides is 3. The Hall–Kier alpha value is -3.10. The second-order valence-electron chi connectivity index (χ2n) is 6.39. The number of rotatable bonds is 4. The number of carbonyl (C=O) groups is 2. The van der Waals surface area contributed by atoms with Crippen molar-refractivity contribution in [1.82, 2.24) is 4.90 Å². The summed E-state index contributed by atoms with van der Waals surface area (Å²) in [6, 6.07) is 9.23. The zero-order chi connectivity index (χ0) is 20.5. The van der Waals surface area contributed by atoms with Gasteiger partial charge in [-0.05, 0) is 23.8 Å². The first-order valence-electron chi connectivity index (χ1n) is 8.32. The van der Waals surface area contributed by atoms with E-state index in [1.807, 2.05) is 0 Å². The number of carbonyl (C=O) groups excluding carboxylic acids is 2. The summed E-state index contributed by atoms with van der Waals surface area (Å²) in [6.45, 7) is -0.153. The van der Waals surface area contributed by atoms with Crippen molar-refractivity contribution in [2.45, 2.75) is 25.2 Å². The summed E-state index contributed by atoms with van der Waals surface area (Å²) in [6.07, 6.45) is -4.99. The normalized spacial score (nSPS) is 16.2. The van der Waals surface area contributed by atoms with Gasteiger partial charge in [-0.2, -0.15) is 0 Å². The highest BCUT2D eigenvalue weighted by Crippen LogP contribution is 2.34. The zero-order valence-electron chi connectivity index (χ0n) is 14.7. The molecule has 5 nitrogen and oxygen atoms in total. The molecular weight excluding hydrogens is 380 g/mol. The van der Waals surface area contributed by atoms with Gasteiger partial charge in [0, 0.05) is 31.3 Å². The van der Waals surface area contributed by atoms with Crippen LogP contribution in [0.25, 0.3) is 0 Å². The zero-order valence-corrected chi connectivity index (χ0v) is 14.7. The maximum absolute atomic E-state index is 13.4. The van der Waals surface area contributed by atoms with E-state index >= 15 is 0 Å². The number of para-hydroxylation sites is 1. The van der Waals surface area contributed by atoms with Gasteiger partial charge in [-0.25, -0.2) is 4.39 Å². The van der Waals surface area contributed by atoms with Crippen LogP contribution in [0.15, 0.2) is 42.5 Å². The van der Waals surface area contributed by atoms with E-state index in [1.54, 1.807) is 0 Å². The number of amides is 2. The van der Waals surface area contributed by atoms with Crippen molar-refractivity contribution in [1.29, 1.82) is 0 Å². The number of fused-ring (bicyclic) bond motifs is 1. The third-order valence-electron chi connectivity index (χ3n) is 4.33. The van der Waals surface area contributed by atoms with E-state index in [4.69, 9.17) is 0 Å². The lowest BCUT2D eigenvalue weighted by atomic mass is 9.89. The van der Waals surface area contributed by atoms with Crippen molar-refractivity contribution >= 4 is 17.5 Å². The van der Waals surface area contributed by atoms with Gasteiger partial charge < -0.3 is 15.0 Å². The fraction of sp³-hybridized carbons (Fsp3) is 0.263. The molecule has 1 aliphatic heterocycles. The van der Waals surface area contributed by atoms with E-state index in [0.717, 1.165) is 12.1 Å². The molecule has 148 valence electrons. The number of nitrogens with one attached hydrogen (secondary N) is 1. The van der Waals surface area contributed by atoms with Gasteiger partial charge in [0.25, 0.3) is 0 Å². The van der Waals surface area contributed by atoms with E-state index in [1.165, 1.54) is 42.3 Å². The summed E-state index contributed by atoms with van der Waals surface area (Å²) >= 11 is 0. The number of nitrogens with zero attached hydrogens (tertiary/aromatic N) is 1. The maximum atomic E-state index is 13.4. The van der Waals surface area contributed by atoms with Crippen LogP contribution < -0.4 is 10.1 Å². The van der Waals surface area contributed by atoms with Gasteiger partial charge in [0.15, 0.2) is 0 Å². The van der Waals surface area contributed by atoms with E-state index in [2.05, 4.69) is 10.1 Å². The molecule has 0 aromatic heterocycles. The number of hydrogen-bond donors (Lipinski definition) is 1. The number of halogens is 4. The second-order valence-corrected chi connectivity index (χ2v) is 6.39. The molecule has 0 saturated heterocycles. The van der Waals surface area contributed by atoms with Crippen LogP contribution in [-0.4, -0.2) is 30.1 Å². The molecule has 2 amide bonds. The monoisotopic (exact) mass is 396 g/mol. The van der Waals surface area contributed by atoms with Crippen LogP contribution in [0.5, 0.6) is 5.75 Å². The van der Waals surface area contributed by atoms with Crippen LogP contribution in [0.4, 0.5) is 23.2 Å². The average molecular weight is 396 g/mol. The highest BCUT2D eigenvalue weighted by atomic mass is 19.4. The summed E-state index contributed by atoms with van der Waals surface area (Å²) in [4.78, 5) is 26.0. The van der Waals surface area contributed by atoms with Gasteiger partial charge in [-0.3, -0.25) is 9.59 Å². The van der Waals surface area contributed by atoms with Crippen LogP contribution in [0, 0.1) is 5.82 Å². The Balaban J connectivity index is 1.82. The quantitative estimate of drug-likeness (QED) is 0.800. The molecular formula is C19H16F4N2O3. The highest BCUT2D eigenvalue weighted by molar-refractivity contribution is 6.01. The van der Waals surface area contributed by atoms with Gasteiger partial charge in [-0.15, -0.1) is 13.2 Å². The summed E-state index contributed by atoms with van der Waals surface area (Å²) < 4.78 is 55.1. The Bertz CT molecular complexity index is 914. The van der Waals surface area contributed by atoms with Crippen LogP contribution in [-0.2, 0) is 16.1 Å². The second kappa shape index (κ2) is 7.49. The van der Waals surface area contributed by atoms with E-state index < -0.39 is 35.7 Å². The maximum Gasteiger partial charge on any atom is 0.573 e. The largest absolute Gasteiger partial charge is 0.573 e. The van der Waals surface area contributed by atoms with Crippen molar-refractivity contribution in [3.05, 3.63) is 59.4 Å². The molecule has 3 rings (SSSR count). The minimum Gasteiger partial charge on any atom is -0.405 e. The van der Waals surface area contributed by atoms with Crippen LogP contribution >= 0.6 is 0 Å².